The summed E-state index contributed by atoms with van der Waals surface area (Å²) in [6.45, 7) is 4.40. The Morgan fingerprint density at radius 2 is 1.94 bits per heavy atom. The van der Waals surface area contributed by atoms with Crippen molar-refractivity contribution < 1.29 is 23.9 Å². The van der Waals surface area contributed by atoms with Gasteiger partial charge >= 0.3 is 5.97 Å². The first-order chi connectivity index (χ1) is 16.4. The van der Waals surface area contributed by atoms with Crippen molar-refractivity contribution in [3.05, 3.63) is 54.1 Å². The Morgan fingerprint density at radius 3 is 2.71 bits per heavy atom. The molecule has 0 aliphatic carbocycles. The highest BCUT2D eigenvalue weighted by molar-refractivity contribution is 8.00. The molecule has 0 radical (unpaired) electrons. The summed E-state index contributed by atoms with van der Waals surface area (Å²) >= 11 is 1.24. The molecule has 3 rings (SSSR count). The van der Waals surface area contributed by atoms with Crippen LogP contribution in [0.25, 0.3) is 0 Å². The molecule has 2 atom stereocenters. The average Bonchev–Trinajstić information content (AvgIpc) is 2.87. The van der Waals surface area contributed by atoms with E-state index >= 15 is 0 Å². The van der Waals surface area contributed by atoms with E-state index in [1.807, 2.05) is 4.90 Å². The molecular formula is C26H32N2O5S. The number of hydrogen-bond acceptors (Lipinski definition) is 6. The van der Waals surface area contributed by atoms with Crippen molar-refractivity contribution in [3.63, 3.8) is 0 Å². The second-order valence-electron chi connectivity index (χ2n) is 8.20. The highest BCUT2D eigenvalue weighted by atomic mass is 32.2. The minimum absolute atomic E-state index is 0.113. The van der Waals surface area contributed by atoms with Gasteiger partial charge in [0.25, 0.3) is 5.91 Å². The van der Waals surface area contributed by atoms with Gasteiger partial charge in [0.15, 0.2) is 6.10 Å². The molecular weight excluding hydrogens is 452 g/mol. The molecule has 1 saturated heterocycles. The van der Waals surface area contributed by atoms with Gasteiger partial charge in [-0.05, 0) is 56.9 Å². The Morgan fingerprint density at radius 1 is 1.15 bits per heavy atom. The number of anilines is 1. The van der Waals surface area contributed by atoms with Crippen LogP contribution in [0.2, 0.25) is 0 Å². The fraction of sp³-hybridized carbons (Fsp3) is 0.423. The molecule has 1 aliphatic heterocycles. The molecule has 2 aromatic rings. The zero-order chi connectivity index (χ0) is 24.5. The van der Waals surface area contributed by atoms with Crippen molar-refractivity contribution in [2.24, 2.45) is 0 Å². The van der Waals surface area contributed by atoms with E-state index in [4.69, 9.17) is 9.47 Å². The summed E-state index contributed by atoms with van der Waals surface area (Å²) in [5.41, 5.74) is 0.972. The van der Waals surface area contributed by atoms with E-state index in [9.17, 15) is 14.4 Å². The number of methoxy groups -OCH3 is 1. The molecule has 1 heterocycles. The number of benzene rings is 2. The predicted octanol–water partition coefficient (Wildman–Crippen LogP) is 4.76. The number of likely N-dealkylation sites (tertiary alicyclic amines) is 1. The number of piperidine rings is 1. The number of amides is 2. The van der Waals surface area contributed by atoms with Crippen LogP contribution in [0.15, 0.2) is 53.4 Å². The third-order valence-corrected chi connectivity index (χ3v) is 6.91. The maximum Gasteiger partial charge on any atom is 0.340 e. The van der Waals surface area contributed by atoms with E-state index in [1.165, 1.54) is 11.8 Å². The smallest absolute Gasteiger partial charge is 0.340 e. The minimum Gasteiger partial charge on any atom is -0.497 e. The maximum absolute atomic E-state index is 12.9. The predicted molar refractivity (Wildman–Crippen MR) is 133 cm³/mol. The molecule has 2 aromatic carbocycles. The van der Waals surface area contributed by atoms with Gasteiger partial charge in [0.1, 0.15) is 5.75 Å². The van der Waals surface area contributed by atoms with Gasteiger partial charge < -0.3 is 19.7 Å². The highest BCUT2D eigenvalue weighted by Crippen LogP contribution is 2.26. The Kier molecular flexibility index (Phi) is 9.39. The first-order valence-corrected chi connectivity index (χ1v) is 12.6. The minimum atomic E-state index is -0.867. The average molecular weight is 485 g/mol. The Bertz CT molecular complexity index is 1010. The third-order valence-electron chi connectivity index (χ3n) is 5.83. The zero-order valence-electron chi connectivity index (χ0n) is 19.9. The SMILES string of the molecule is CCC1CCCCN1C(=O)C(C)OC(=O)c1ccccc1SCC(=O)Nc1cccc(OC)c1. The van der Waals surface area contributed by atoms with Crippen molar-refractivity contribution >= 4 is 35.2 Å². The summed E-state index contributed by atoms with van der Waals surface area (Å²) in [7, 11) is 1.57. The molecule has 0 aromatic heterocycles. The number of ether oxygens (including phenoxy) is 2. The normalized spacial score (nSPS) is 16.4. The molecule has 0 spiro atoms. The number of nitrogens with one attached hydrogen (secondary N) is 1. The molecule has 1 N–H and O–H groups in total. The molecule has 0 saturated carbocycles. The van der Waals surface area contributed by atoms with Crippen molar-refractivity contribution in [1.29, 1.82) is 0 Å². The van der Waals surface area contributed by atoms with Gasteiger partial charge in [0.2, 0.25) is 5.91 Å². The van der Waals surface area contributed by atoms with Crippen LogP contribution in [0.4, 0.5) is 5.69 Å². The van der Waals surface area contributed by atoms with Crippen molar-refractivity contribution in [1.82, 2.24) is 4.90 Å². The lowest BCUT2D eigenvalue weighted by Gasteiger charge is -2.36. The van der Waals surface area contributed by atoms with Crippen LogP contribution < -0.4 is 10.1 Å². The summed E-state index contributed by atoms with van der Waals surface area (Å²) in [6, 6.07) is 14.3. The highest BCUT2D eigenvalue weighted by Gasteiger charge is 2.31. The fourth-order valence-electron chi connectivity index (χ4n) is 4.03. The molecule has 1 fully saturated rings. The van der Waals surface area contributed by atoms with E-state index < -0.39 is 12.1 Å². The van der Waals surface area contributed by atoms with Crippen LogP contribution >= 0.6 is 11.8 Å². The summed E-state index contributed by atoms with van der Waals surface area (Å²) in [6.07, 6.45) is 3.10. The van der Waals surface area contributed by atoms with Crippen LogP contribution in [0, 0.1) is 0 Å². The lowest BCUT2D eigenvalue weighted by molar-refractivity contribution is -0.143. The van der Waals surface area contributed by atoms with Crippen molar-refractivity contribution in [2.75, 3.05) is 24.7 Å². The molecule has 1 aliphatic rings. The third kappa shape index (κ3) is 6.76. The molecule has 2 unspecified atom stereocenters. The molecule has 0 bridgehead atoms. The van der Waals surface area contributed by atoms with Gasteiger partial charge in [0, 0.05) is 29.2 Å². The number of carbonyl (C=O) groups excluding carboxylic acids is 3. The summed E-state index contributed by atoms with van der Waals surface area (Å²) in [4.78, 5) is 40.7. The Balaban J connectivity index is 1.59. The first kappa shape index (κ1) is 25.6. The van der Waals surface area contributed by atoms with Gasteiger partial charge in [-0.2, -0.15) is 0 Å². The monoisotopic (exact) mass is 484 g/mol. The summed E-state index contributed by atoms with van der Waals surface area (Å²) in [5, 5.41) is 2.82. The van der Waals surface area contributed by atoms with Gasteiger partial charge in [0.05, 0.1) is 18.4 Å². The van der Waals surface area contributed by atoms with Crippen LogP contribution in [0.1, 0.15) is 49.9 Å². The Labute approximate surface area is 205 Å². The van der Waals surface area contributed by atoms with Gasteiger partial charge in [-0.1, -0.05) is 25.1 Å². The van der Waals surface area contributed by atoms with E-state index in [-0.39, 0.29) is 23.6 Å². The number of carbonyl (C=O) groups is 3. The standard InChI is InChI=1S/C26H32N2O5S/c1-4-20-11-7-8-15-28(20)25(30)18(2)33-26(31)22-13-5-6-14-23(22)34-17-24(29)27-19-10-9-12-21(16-19)32-3/h5-6,9-10,12-14,16,18,20H,4,7-8,11,15,17H2,1-3H3,(H,27,29). The number of rotatable bonds is 9. The number of nitrogens with zero attached hydrogens (tertiary/aromatic N) is 1. The van der Waals surface area contributed by atoms with Gasteiger partial charge in [-0.3, -0.25) is 9.59 Å². The van der Waals surface area contributed by atoms with E-state index in [0.717, 1.165) is 25.7 Å². The zero-order valence-corrected chi connectivity index (χ0v) is 20.7. The second-order valence-corrected chi connectivity index (χ2v) is 9.22. The van der Waals surface area contributed by atoms with Gasteiger partial charge in [-0.15, -0.1) is 11.8 Å². The van der Waals surface area contributed by atoms with Crippen LogP contribution in [0.5, 0.6) is 5.75 Å². The second kappa shape index (κ2) is 12.5. The molecule has 7 nitrogen and oxygen atoms in total. The number of esters is 1. The molecule has 182 valence electrons. The molecule has 2 amide bonds. The van der Waals surface area contributed by atoms with Crippen LogP contribution in [-0.2, 0) is 14.3 Å². The van der Waals surface area contributed by atoms with Gasteiger partial charge in [-0.25, -0.2) is 4.79 Å². The van der Waals surface area contributed by atoms with E-state index in [0.29, 0.717) is 28.4 Å². The fourth-order valence-corrected chi connectivity index (χ4v) is 4.87. The van der Waals surface area contributed by atoms with E-state index in [1.54, 1.807) is 62.6 Å². The maximum atomic E-state index is 12.9. The lowest BCUT2D eigenvalue weighted by atomic mass is 9.99. The molecule has 8 heteroatoms. The number of thioether (sulfide) groups is 1. The first-order valence-electron chi connectivity index (χ1n) is 11.6. The largest absolute Gasteiger partial charge is 0.497 e. The van der Waals surface area contributed by atoms with Crippen molar-refractivity contribution in [3.8, 4) is 5.75 Å². The van der Waals surface area contributed by atoms with Crippen molar-refractivity contribution in [2.45, 2.75) is 56.6 Å². The van der Waals surface area contributed by atoms with Crippen LogP contribution in [-0.4, -0.2) is 54.2 Å². The Hall–Kier alpha value is -3.00. The van der Waals surface area contributed by atoms with Crippen LogP contribution in [0.3, 0.4) is 0 Å². The number of hydrogen-bond donors (Lipinski definition) is 1. The quantitative estimate of drug-likeness (QED) is 0.408. The summed E-state index contributed by atoms with van der Waals surface area (Å²) in [5.74, 6) is -0.162. The topological polar surface area (TPSA) is 84.9 Å². The molecule has 34 heavy (non-hydrogen) atoms. The summed E-state index contributed by atoms with van der Waals surface area (Å²) < 4.78 is 10.7. The van der Waals surface area contributed by atoms with E-state index in [2.05, 4.69) is 12.2 Å². The lowest BCUT2D eigenvalue weighted by Crippen LogP contribution is -2.48.